The van der Waals surface area contributed by atoms with Gasteiger partial charge in [0.25, 0.3) is 0 Å². The molecule has 2 aliphatic rings. The van der Waals surface area contributed by atoms with Crippen LogP contribution in [-0.2, 0) is 12.0 Å². The highest BCUT2D eigenvalue weighted by Crippen LogP contribution is 2.48. The Morgan fingerprint density at radius 1 is 1.03 bits per heavy atom. The van der Waals surface area contributed by atoms with Crippen molar-refractivity contribution < 1.29 is 0 Å². The molecule has 0 amide bonds. The van der Waals surface area contributed by atoms with Gasteiger partial charge in [-0.15, -0.1) is 0 Å². The zero-order valence-corrected chi connectivity index (χ0v) is 17.3. The summed E-state index contributed by atoms with van der Waals surface area (Å²) in [6.45, 7) is 7.24. The lowest BCUT2D eigenvalue weighted by Gasteiger charge is -2.48. The van der Waals surface area contributed by atoms with Crippen molar-refractivity contribution in [1.82, 2.24) is 29.6 Å². The van der Waals surface area contributed by atoms with E-state index in [4.69, 9.17) is 5.10 Å². The molecule has 0 aliphatic carbocycles. The molecular formula is C24H24N6. The molecule has 1 atom stereocenters. The Kier molecular flexibility index (Phi) is 3.80. The molecule has 0 radical (unpaired) electrons. The maximum absolute atomic E-state index is 4.98. The Bertz CT molecular complexity index is 1240. The van der Waals surface area contributed by atoms with Gasteiger partial charge in [0.2, 0.25) is 0 Å². The van der Waals surface area contributed by atoms with Gasteiger partial charge in [-0.2, -0.15) is 5.10 Å². The Morgan fingerprint density at radius 3 is 2.67 bits per heavy atom. The first kappa shape index (κ1) is 17.7. The Morgan fingerprint density at radius 2 is 1.83 bits per heavy atom. The smallest absolute Gasteiger partial charge is 0.125 e. The molecule has 0 bridgehead atoms. The number of benzene rings is 1. The molecule has 1 spiro atoms. The summed E-state index contributed by atoms with van der Waals surface area (Å²) < 4.78 is 2.25. The zero-order valence-electron chi connectivity index (χ0n) is 17.3. The summed E-state index contributed by atoms with van der Waals surface area (Å²) in [5.41, 5.74) is 5.89. The van der Waals surface area contributed by atoms with Crippen LogP contribution < -0.4 is 0 Å². The minimum Gasteiger partial charge on any atom is -0.297 e. The topological polar surface area (TPSA) is 59.7 Å². The molecule has 6 nitrogen and oxygen atoms in total. The lowest BCUT2D eigenvalue weighted by atomic mass is 9.74. The summed E-state index contributed by atoms with van der Waals surface area (Å²) in [5, 5.41) is 6.14. The molecule has 4 aromatic rings. The molecule has 6 heteroatoms. The second-order valence-electron chi connectivity index (χ2n) is 8.89. The van der Waals surface area contributed by atoms with E-state index in [1.165, 1.54) is 11.3 Å². The number of para-hydroxylation sites is 1. The van der Waals surface area contributed by atoms with E-state index in [1.54, 1.807) is 0 Å². The molecular weight excluding hydrogens is 372 g/mol. The van der Waals surface area contributed by atoms with Crippen molar-refractivity contribution >= 4 is 10.9 Å². The number of hydrogen-bond donors (Lipinski definition) is 0. The Labute approximate surface area is 175 Å². The van der Waals surface area contributed by atoms with Crippen LogP contribution in [0.5, 0.6) is 0 Å². The van der Waals surface area contributed by atoms with Crippen molar-refractivity contribution in [2.24, 2.45) is 0 Å². The molecule has 3 aromatic heterocycles. The van der Waals surface area contributed by atoms with Crippen molar-refractivity contribution in [2.75, 3.05) is 13.1 Å². The van der Waals surface area contributed by atoms with Crippen LogP contribution in [0, 0.1) is 6.92 Å². The van der Waals surface area contributed by atoms with Gasteiger partial charge in [0.05, 0.1) is 17.3 Å². The van der Waals surface area contributed by atoms with Crippen LogP contribution in [0.1, 0.15) is 36.5 Å². The molecule has 0 saturated carbocycles. The molecule has 150 valence electrons. The predicted molar refractivity (Wildman–Crippen MR) is 116 cm³/mol. The second kappa shape index (κ2) is 6.44. The molecule has 30 heavy (non-hydrogen) atoms. The van der Waals surface area contributed by atoms with Crippen molar-refractivity contribution in [1.29, 1.82) is 0 Å². The van der Waals surface area contributed by atoms with E-state index in [1.807, 2.05) is 37.6 Å². The van der Waals surface area contributed by atoms with E-state index in [0.29, 0.717) is 6.04 Å². The highest BCUT2D eigenvalue weighted by Gasteiger charge is 2.51. The fraction of sp³-hybridized carbons (Fsp3) is 0.333. The summed E-state index contributed by atoms with van der Waals surface area (Å²) in [4.78, 5) is 15.8. The van der Waals surface area contributed by atoms with Gasteiger partial charge in [-0.1, -0.05) is 18.2 Å². The van der Waals surface area contributed by atoms with E-state index < -0.39 is 0 Å². The number of pyridine rings is 1. The number of aryl methyl sites for hydroxylation is 1. The van der Waals surface area contributed by atoms with E-state index in [0.717, 1.165) is 54.0 Å². The number of nitrogens with zero attached hydrogens (tertiary/aromatic N) is 6. The first-order valence-electron chi connectivity index (χ1n) is 10.5. The van der Waals surface area contributed by atoms with Gasteiger partial charge in [0.1, 0.15) is 5.82 Å². The lowest BCUT2D eigenvalue weighted by Crippen LogP contribution is -2.57. The average molecular weight is 396 g/mol. The average Bonchev–Trinajstić information content (AvgIpc) is 3.29. The van der Waals surface area contributed by atoms with Gasteiger partial charge < -0.3 is 0 Å². The Balaban J connectivity index is 1.26. The van der Waals surface area contributed by atoms with Crippen LogP contribution in [0.15, 0.2) is 55.0 Å². The van der Waals surface area contributed by atoms with Crippen molar-refractivity contribution in [3.05, 3.63) is 72.1 Å². The van der Waals surface area contributed by atoms with Gasteiger partial charge in [-0.05, 0) is 38.5 Å². The van der Waals surface area contributed by atoms with Gasteiger partial charge in [-0.3, -0.25) is 14.6 Å². The minimum atomic E-state index is 0.209. The number of hydrogen-bond acceptors (Lipinski definition) is 5. The Hall–Kier alpha value is -3.12. The SMILES string of the molecule is Cc1ncc(CN2CC3(CC(C)n4nc(-c5cnc6ccccc6c5)cc43)C2)cn1. The van der Waals surface area contributed by atoms with Crippen molar-refractivity contribution in [3.8, 4) is 11.3 Å². The number of aromatic nitrogens is 5. The summed E-state index contributed by atoms with van der Waals surface area (Å²) in [6.07, 6.45) is 6.99. The monoisotopic (exact) mass is 396 g/mol. The van der Waals surface area contributed by atoms with Crippen LogP contribution in [0.3, 0.4) is 0 Å². The lowest BCUT2D eigenvalue weighted by molar-refractivity contribution is 0.0553. The zero-order chi connectivity index (χ0) is 20.3. The largest absolute Gasteiger partial charge is 0.297 e. The number of rotatable bonds is 3. The third-order valence-corrected chi connectivity index (χ3v) is 6.56. The van der Waals surface area contributed by atoms with Crippen LogP contribution in [-0.4, -0.2) is 42.7 Å². The van der Waals surface area contributed by atoms with Gasteiger partial charge in [0, 0.05) is 65.8 Å². The quantitative estimate of drug-likeness (QED) is 0.525. The third-order valence-electron chi connectivity index (χ3n) is 6.56. The molecule has 1 fully saturated rings. The van der Waals surface area contributed by atoms with E-state index >= 15 is 0 Å². The summed E-state index contributed by atoms with van der Waals surface area (Å²) in [5.74, 6) is 0.822. The highest BCUT2D eigenvalue weighted by molar-refractivity contribution is 5.82. The number of likely N-dealkylation sites (tertiary alicyclic amines) is 1. The summed E-state index contributed by atoms with van der Waals surface area (Å²) >= 11 is 0. The highest BCUT2D eigenvalue weighted by atomic mass is 15.4. The van der Waals surface area contributed by atoms with Crippen LogP contribution in [0.2, 0.25) is 0 Å². The van der Waals surface area contributed by atoms with E-state index in [9.17, 15) is 0 Å². The van der Waals surface area contributed by atoms with Gasteiger partial charge in [0.15, 0.2) is 0 Å². The van der Waals surface area contributed by atoms with Gasteiger partial charge in [-0.25, -0.2) is 9.97 Å². The standard InChI is InChI=1S/C24H24N6/c1-16-9-24(14-29(15-24)13-18-10-25-17(2)26-11-18)23-8-22(28-30(16)23)20-7-19-5-3-4-6-21(19)27-12-20/h3-8,10-12,16H,9,13-15H2,1-2H3. The fourth-order valence-electron chi connectivity index (χ4n) is 5.21. The predicted octanol–water partition coefficient (Wildman–Crippen LogP) is 3.92. The molecule has 6 rings (SSSR count). The second-order valence-corrected chi connectivity index (χ2v) is 8.89. The van der Waals surface area contributed by atoms with Crippen molar-refractivity contribution in [3.63, 3.8) is 0 Å². The molecule has 1 unspecified atom stereocenters. The first-order chi connectivity index (χ1) is 14.6. The minimum absolute atomic E-state index is 0.209. The molecule has 2 aliphatic heterocycles. The molecule has 0 N–H and O–H groups in total. The van der Waals surface area contributed by atoms with Crippen LogP contribution in [0.25, 0.3) is 22.2 Å². The maximum Gasteiger partial charge on any atom is 0.125 e. The van der Waals surface area contributed by atoms with Crippen LogP contribution >= 0.6 is 0 Å². The van der Waals surface area contributed by atoms with Crippen LogP contribution in [0.4, 0.5) is 0 Å². The molecule has 1 saturated heterocycles. The first-order valence-corrected chi connectivity index (χ1v) is 10.5. The van der Waals surface area contributed by atoms with Gasteiger partial charge >= 0.3 is 0 Å². The number of fused-ring (bicyclic) bond motifs is 3. The van der Waals surface area contributed by atoms with E-state index in [2.05, 4.69) is 55.7 Å². The summed E-state index contributed by atoms with van der Waals surface area (Å²) in [6, 6.07) is 13.1. The maximum atomic E-state index is 4.98. The third kappa shape index (κ3) is 2.75. The molecule has 1 aromatic carbocycles. The normalized spacial score (nSPS) is 19.9. The van der Waals surface area contributed by atoms with E-state index in [-0.39, 0.29) is 5.41 Å². The summed E-state index contributed by atoms with van der Waals surface area (Å²) in [7, 11) is 0. The van der Waals surface area contributed by atoms with Crippen molar-refractivity contribution in [2.45, 2.75) is 38.3 Å². The molecule has 5 heterocycles. The fourth-order valence-corrected chi connectivity index (χ4v) is 5.21.